The molecule has 0 radical (unpaired) electrons. The van der Waals surface area contributed by atoms with Crippen LogP contribution in [0.15, 0.2) is 0 Å². The number of aromatic nitrogens is 2. The first-order valence-electron chi connectivity index (χ1n) is 6.40. The summed E-state index contributed by atoms with van der Waals surface area (Å²) in [5.41, 5.74) is 3.16. The van der Waals surface area contributed by atoms with E-state index in [1.807, 2.05) is 13.8 Å². The summed E-state index contributed by atoms with van der Waals surface area (Å²) in [4.78, 5) is 8.57. The summed E-state index contributed by atoms with van der Waals surface area (Å²) in [7, 11) is 0. The van der Waals surface area contributed by atoms with Crippen molar-refractivity contribution < 1.29 is 13.2 Å². The van der Waals surface area contributed by atoms with Gasteiger partial charge in [-0.05, 0) is 13.3 Å². The average Bonchev–Trinajstić information content (AvgIpc) is 2.34. The quantitative estimate of drug-likeness (QED) is 0.427. The molecule has 114 valence electrons. The Hall–Kier alpha value is -1.57. The van der Waals surface area contributed by atoms with E-state index >= 15 is 0 Å². The van der Waals surface area contributed by atoms with Gasteiger partial charge in [0.05, 0.1) is 0 Å². The number of anilines is 2. The van der Waals surface area contributed by atoms with E-state index < -0.39 is 12.6 Å². The van der Waals surface area contributed by atoms with Crippen molar-refractivity contribution >= 4 is 11.6 Å². The Morgan fingerprint density at radius 1 is 1.20 bits per heavy atom. The van der Waals surface area contributed by atoms with Gasteiger partial charge in [0.15, 0.2) is 0 Å². The van der Waals surface area contributed by atoms with Gasteiger partial charge in [-0.15, -0.1) is 0 Å². The van der Waals surface area contributed by atoms with Crippen molar-refractivity contribution in [3.8, 4) is 0 Å². The van der Waals surface area contributed by atoms with Crippen LogP contribution in [-0.2, 0) is 0 Å². The molecule has 0 unspecified atom stereocenters. The molecule has 8 heteroatoms. The van der Waals surface area contributed by atoms with E-state index in [1.54, 1.807) is 6.92 Å². The Labute approximate surface area is 116 Å². The van der Waals surface area contributed by atoms with Gasteiger partial charge in [-0.25, -0.2) is 15.8 Å². The second-order valence-corrected chi connectivity index (χ2v) is 4.85. The van der Waals surface area contributed by atoms with Crippen molar-refractivity contribution in [2.24, 2.45) is 5.84 Å². The summed E-state index contributed by atoms with van der Waals surface area (Å²) in [6.07, 6.45) is -4.95. The summed E-state index contributed by atoms with van der Waals surface area (Å²) >= 11 is 0. The second kappa shape index (κ2) is 6.74. The molecule has 0 atom stereocenters. The molecular weight excluding hydrogens is 271 g/mol. The van der Waals surface area contributed by atoms with Crippen LogP contribution < -0.4 is 16.6 Å². The van der Waals surface area contributed by atoms with E-state index in [0.29, 0.717) is 23.0 Å². The molecule has 0 saturated heterocycles. The van der Waals surface area contributed by atoms with E-state index in [9.17, 15) is 13.2 Å². The van der Waals surface area contributed by atoms with Gasteiger partial charge < -0.3 is 10.7 Å². The normalized spacial score (nSPS) is 11.8. The Bertz CT molecular complexity index is 445. The molecule has 0 spiro atoms. The van der Waals surface area contributed by atoms with Crippen LogP contribution in [0.25, 0.3) is 0 Å². The smallest absolute Gasteiger partial charge is 0.370 e. The molecule has 1 heterocycles. The minimum absolute atomic E-state index is 0.00462. The maximum absolute atomic E-state index is 12.1. The molecule has 0 aliphatic rings. The monoisotopic (exact) mass is 291 g/mol. The Morgan fingerprint density at radius 3 is 2.30 bits per heavy atom. The van der Waals surface area contributed by atoms with E-state index in [0.717, 1.165) is 0 Å². The lowest BCUT2D eigenvalue weighted by molar-refractivity contribution is -0.134. The SMILES string of the molecule is Cc1c(NN)nc(C(C)C)nc1NCCCC(F)(F)F. The van der Waals surface area contributed by atoms with Crippen LogP contribution in [0.1, 0.15) is 44.0 Å². The number of hydrazine groups is 1. The molecule has 5 nitrogen and oxygen atoms in total. The summed E-state index contributed by atoms with van der Waals surface area (Å²) in [5, 5.41) is 2.91. The minimum Gasteiger partial charge on any atom is -0.370 e. The maximum atomic E-state index is 12.1. The molecule has 4 N–H and O–H groups in total. The van der Waals surface area contributed by atoms with Gasteiger partial charge in [-0.1, -0.05) is 13.8 Å². The number of nitrogens with one attached hydrogen (secondary N) is 2. The van der Waals surface area contributed by atoms with Crippen LogP contribution in [0.4, 0.5) is 24.8 Å². The van der Waals surface area contributed by atoms with Crippen LogP contribution in [0.2, 0.25) is 0 Å². The van der Waals surface area contributed by atoms with Crippen LogP contribution in [-0.4, -0.2) is 22.7 Å². The molecule has 20 heavy (non-hydrogen) atoms. The summed E-state index contributed by atoms with van der Waals surface area (Å²) in [5.74, 6) is 7.05. The van der Waals surface area contributed by atoms with Gasteiger partial charge in [0.1, 0.15) is 17.5 Å². The van der Waals surface area contributed by atoms with Crippen molar-refractivity contribution in [1.82, 2.24) is 9.97 Å². The van der Waals surface area contributed by atoms with Crippen LogP contribution in [0.3, 0.4) is 0 Å². The number of hydrogen-bond donors (Lipinski definition) is 3. The van der Waals surface area contributed by atoms with Crippen LogP contribution >= 0.6 is 0 Å². The highest BCUT2D eigenvalue weighted by Crippen LogP contribution is 2.24. The second-order valence-electron chi connectivity index (χ2n) is 4.85. The van der Waals surface area contributed by atoms with Crippen molar-refractivity contribution in [3.05, 3.63) is 11.4 Å². The molecular formula is C12H20F3N5. The molecule has 0 aromatic carbocycles. The Kier molecular flexibility index (Phi) is 5.55. The summed E-state index contributed by atoms with van der Waals surface area (Å²) in [6, 6.07) is 0. The van der Waals surface area contributed by atoms with E-state index in [4.69, 9.17) is 5.84 Å². The Balaban J connectivity index is 2.75. The molecule has 1 aromatic heterocycles. The van der Waals surface area contributed by atoms with Gasteiger partial charge >= 0.3 is 6.18 Å². The highest BCUT2D eigenvalue weighted by Gasteiger charge is 2.26. The molecule has 0 fully saturated rings. The van der Waals surface area contributed by atoms with Gasteiger partial charge in [0.2, 0.25) is 0 Å². The number of nitrogens with zero attached hydrogens (tertiary/aromatic N) is 2. The number of nitrogens with two attached hydrogens (primary N) is 1. The highest BCUT2D eigenvalue weighted by molar-refractivity contribution is 5.56. The number of hydrogen-bond acceptors (Lipinski definition) is 5. The first-order chi connectivity index (χ1) is 9.24. The molecule has 0 aliphatic carbocycles. The van der Waals surface area contributed by atoms with Gasteiger partial charge in [-0.2, -0.15) is 13.2 Å². The first-order valence-corrected chi connectivity index (χ1v) is 6.40. The van der Waals surface area contributed by atoms with E-state index in [1.165, 1.54) is 0 Å². The van der Waals surface area contributed by atoms with Gasteiger partial charge in [0.25, 0.3) is 0 Å². The number of nitrogen functional groups attached to an aromatic ring is 1. The van der Waals surface area contributed by atoms with Crippen molar-refractivity contribution in [2.45, 2.75) is 45.7 Å². The first kappa shape index (κ1) is 16.5. The number of halogens is 3. The number of rotatable bonds is 6. The lowest BCUT2D eigenvalue weighted by Crippen LogP contribution is -2.16. The third-order valence-electron chi connectivity index (χ3n) is 2.75. The zero-order valence-corrected chi connectivity index (χ0v) is 11.8. The number of alkyl halides is 3. The zero-order valence-electron chi connectivity index (χ0n) is 11.8. The fraction of sp³-hybridized carbons (Fsp3) is 0.667. The topological polar surface area (TPSA) is 75.9 Å². The predicted molar refractivity (Wildman–Crippen MR) is 72.4 cm³/mol. The minimum atomic E-state index is -4.13. The lowest BCUT2D eigenvalue weighted by atomic mass is 10.2. The van der Waals surface area contributed by atoms with Crippen molar-refractivity contribution in [1.29, 1.82) is 0 Å². The summed E-state index contributed by atoms with van der Waals surface area (Å²) in [6.45, 7) is 5.81. The standard InChI is InChI=1S/C12H20F3N5/c1-7(2)9-18-10(8(3)11(19-9)20-16)17-6-4-5-12(13,14)15/h7H,4-6,16H2,1-3H3,(H2,17,18,19,20). The van der Waals surface area contributed by atoms with E-state index in [2.05, 4.69) is 20.7 Å². The molecule has 1 rings (SSSR count). The van der Waals surface area contributed by atoms with Crippen molar-refractivity contribution in [3.63, 3.8) is 0 Å². The van der Waals surface area contributed by atoms with Crippen LogP contribution in [0.5, 0.6) is 0 Å². The zero-order chi connectivity index (χ0) is 15.3. The molecule has 1 aromatic rings. The lowest BCUT2D eigenvalue weighted by Gasteiger charge is -2.15. The third kappa shape index (κ3) is 4.84. The largest absolute Gasteiger partial charge is 0.389 e. The highest BCUT2D eigenvalue weighted by atomic mass is 19.4. The molecule has 0 aliphatic heterocycles. The van der Waals surface area contributed by atoms with Crippen molar-refractivity contribution in [2.75, 3.05) is 17.3 Å². The maximum Gasteiger partial charge on any atom is 0.389 e. The van der Waals surface area contributed by atoms with Gasteiger partial charge in [0, 0.05) is 24.4 Å². The molecule has 0 bridgehead atoms. The molecule has 0 amide bonds. The summed E-state index contributed by atoms with van der Waals surface area (Å²) < 4.78 is 36.2. The molecule has 0 saturated carbocycles. The van der Waals surface area contributed by atoms with E-state index in [-0.39, 0.29) is 18.9 Å². The van der Waals surface area contributed by atoms with Gasteiger partial charge in [-0.3, -0.25) is 0 Å². The predicted octanol–water partition coefficient (Wildman–Crippen LogP) is 2.95. The average molecular weight is 291 g/mol. The Morgan fingerprint density at radius 2 is 1.80 bits per heavy atom. The fourth-order valence-corrected chi connectivity index (χ4v) is 1.60. The fourth-order valence-electron chi connectivity index (χ4n) is 1.60. The third-order valence-corrected chi connectivity index (χ3v) is 2.75. The van der Waals surface area contributed by atoms with Crippen LogP contribution in [0, 0.1) is 6.92 Å².